The monoisotopic (exact) mass is 574 g/mol. The maximum absolute atomic E-state index is 12.4. The fraction of sp³-hybridized carbons (Fsp3) is 0.393. The van der Waals surface area contributed by atoms with Crippen molar-refractivity contribution >= 4 is 17.8 Å². The van der Waals surface area contributed by atoms with Gasteiger partial charge in [0.15, 0.2) is 12.4 Å². The third-order valence-corrected chi connectivity index (χ3v) is 7.30. The summed E-state index contributed by atoms with van der Waals surface area (Å²) >= 11 is 1.47. The van der Waals surface area contributed by atoms with Gasteiger partial charge in [-0.2, -0.15) is 18.3 Å². The molecule has 3 aromatic heterocycles. The van der Waals surface area contributed by atoms with Gasteiger partial charge in [-0.05, 0) is 61.0 Å². The maximum Gasteiger partial charge on any atom is 0.422 e. The summed E-state index contributed by atoms with van der Waals surface area (Å²) in [6.45, 7) is 8.22. The highest BCUT2D eigenvalue weighted by molar-refractivity contribution is 8.00. The van der Waals surface area contributed by atoms with Crippen molar-refractivity contribution in [1.29, 1.82) is 0 Å². The summed E-state index contributed by atoms with van der Waals surface area (Å²) < 4.78 is 52.4. The predicted octanol–water partition coefficient (Wildman–Crippen LogP) is 6.98. The van der Waals surface area contributed by atoms with E-state index in [4.69, 9.17) is 9.26 Å². The fourth-order valence-corrected chi connectivity index (χ4v) is 5.17. The quantitative estimate of drug-likeness (QED) is 0.226. The van der Waals surface area contributed by atoms with Crippen LogP contribution in [0.2, 0.25) is 0 Å². The molecular formula is C28H33F3N6O2S. The molecule has 0 amide bonds. The summed E-state index contributed by atoms with van der Waals surface area (Å²) in [5.74, 6) is 1.32. The molecule has 0 saturated carbocycles. The van der Waals surface area contributed by atoms with Crippen LogP contribution >= 0.6 is 11.9 Å². The third-order valence-electron chi connectivity index (χ3n) is 6.51. The first-order chi connectivity index (χ1) is 19.2. The lowest BCUT2D eigenvalue weighted by molar-refractivity contribution is -0.154. The van der Waals surface area contributed by atoms with E-state index in [0.717, 1.165) is 41.1 Å². The lowest BCUT2D eigenvalue weighted by Gasteiger charge is -2.34. The molecule has 0 spiro atoms. The number of aryl methyl sites for hydroxylation is 2. The molecule has 1 atom stereocenters. The molecule has 4 aromatic rings. The zero-order valence-corrected chi connectivity index (χ0v) is 23.9. The molecule has 0 radical (unpaired) electrons. The van der Waals surface area contributed by atoms with Crippen LogP contribution in [0.4, 0.5) is 19.0 Å². The summed E-state index contributed by atoms with van der Waals surface area (Å²) in [6, 6.07) is 9.73. The number of nitrogens with zero attached hydrogens (tertiary/aromatic N) is 5. The van der Waals surface area contributed by atoms with E-state index in [9.17, 15) is 13.2 Å². The van der Waals surface area contributed by atoms with Crippen molar-refractivity contribution in [2.24, 2.45) is 7.05 Å². The number of rotatable bonds is 8. The van der Waals surface area contributed by atoms with Gasteiger partial charge in [0, 0.05) is 55.1 Å². The summed E-state index contributed by atoms with van der Waals surface area (Å²) in [6.07, 6.45) is 1.80. The van der Waals surface area contributed by atoms with Gasteiger partial charge in [0.2, 0.25) is 5.88 Å². The molecule has 1 unspecified atom stereocenters. The Hall–Kier alpha value is -3.51. The molecule has 40 heavy (non-hydrogen) atoms. The minimum absolute atomic E-state index is 0.0366. The van der Waals surface area contributed by atoms with Gasteiger partial charge in [0.05, 0.1) is 11.8 Å². The van der Waals surface area contributed by atoms with Crippen LogP contribution in [0.15, 0.2) is 58.3 Å². The highest BCUT2D eigenvalue weighted by atomic mass is 32.2. The van der Waals surface area contributed by atoms with E-state index in [1.807, 2.05) is 34.0 Å². The van der Waals surface area contributed by atoms with E-state index in [1.165, 1.54) is 29.1 Å². The molecule has 12 heteroatoms. The average molecular weight is 575 g/mol. The Morgan fingerprint density at radius 2 is 1.95 bits per heavy atom. The highest BCUT2D eigenvalue weighted by Crippen LogP contribution is 2.35. The Morgan fingerprint density at radius 3 is 2.62 bits per heavy atom. The van der Waals surface area contributed by atoms with Gasteiger partial charge < -0.3 is 14.0 Å². The van der Waals surface area contributed by atoms with E-state index in [-0.39, 0.29) is 11.9 Å². The van der Waals surface area contributed by atoms with Crippen molar-refractivity contribution in [3.63, 3.8) is 0 Å². The minimum atomic E-state index is -4.39. The molecule has 5 rings (SSSR count). The first-order valence-corrected chi connectivity index (χ1v) is 13.9. The molecule has 0 bridgehead atoms. The van der Waals surface area contributed by atoms with Crippen molar-refractivity contribution < 1.29 is 22.4 Å². The van der Waals surface area contributed by atoms with Crippen molar-refractivity contribution in [3.8, 4) is 17.0 Å². The van der Waals surface area contributed by atoms with Crippen LogP contribution in [0.5, 0.6) is 5.88 Å². The molecule has 1 aliphatic rings. The molecule has 0 fully saturated rings. The highest BCUT2D eigenvalue weighted by Gasteiger charge is 2.29. The number of fused-ring (bicyclic) bond motifs is 1. The number of aromatic nitrogens is 4. The Morgan fingerprint density at radius 1 is 1.15 bits per heavy atom. The number of nitrogens with one attached hydrogen (secondary N) is 1. The first-order valence-electron chi connectivity index (χ1n) is 13.1. The second-order valence-corrected chi connectivity index (χ2v) is 10.1. The van der Waals surface area contributed by atoms with Crippen LogP contribution in [-0.2, 0) is 20.0 Å². The average Bonchev–Trinajstić information content (AvgIpc) is 3.55. The number of alkyl halides is 3. The van der Waals surface area contributed by atoms with Gasteiger partial charge in [-0.15, -0.1) is 0 Å². The SMILES string of the molecule is CC.Cc1onc(NSc2ccc3c(c2)CN(C(C)c2ccc(OCC(F)(F)F)nc2)CC3)c1-c1cnn(C)c1. The van der Waals surface area contributed by atoms with E-state index in [2.05, 4.69) is 50.0 Å². The number of hydrogen-bond acceptors (Lipinski definition) is 8. The van der Waals surface area contributed by atoms with E-state index in [0.29, 0.717) is 11.6 Å². The van der Waals surface area contributed by atoms with Crippen LogP contribution in [0.3, 0.4) is 0 Å². The van der Waals surface area contributed by atoms with Gasteiger partial charge in [-0.1, -0.05) is 31.1 Å². The van der Waals surface area contributed by atoms with Crippen molar-refractivity contribution in [2.75, 3.05) is 17.9 Å². The summed E-state index contributed by atoms with van der Waals surface area (Å²) in [5, 5.41) is 8.42. The molecule has 1 aliphatic heterocycles. The molecule has 214 valence electrons. The maximum atomic E-state index is 12.4. The topological polar surface area (TPSA) is 81.2 Å². The van der Waals surface area contributed by atoms with Gasteiger partial charge >= 0.3 is 6.18 Å². The van der Waals surface area contributed by atoms with Crippen LogP contribution in [-0.4, -0.2) is 44.1 Å². The van der Waals surface area contributed by atoms with Gasteiger partial charge in [0.25, 0.3) is 0 Å². The summed E-state index contributed by atoms with van der Waals surface area (Å²) in [4.78, 5) is 7.44. The molecule has 1 N–H and O–H groups in total. The van der Waals surface area contributed by atoms with Gasteiger partial charge in [-0.25, -0.2) is 4.98 Å². The van der Waals surface area contributed by atoms with E-state index < -0.39 is 12.8 Å². The Labute approximate surface area is 236 Å². The second-order valence-electron chi connectivity index (χ2n) is 9.23. The molecule has 0 saturated heterocycles. The molecular weight excluding hydrogens is 541 g/mol. The lowest BCUT2D eigenvalue weighted by atomic mass is 9.97. The predicted molar refractivity (Wildman–Crippen MR) is 149 cm³/mol. The third kappa shape index (κ3) is 7.16. The minimum Gasteiger partial charge on any atom is -0.468 e. The number of halogens is 3. The van der Waals surface area contributed by atoms with E-state index >= 15 is 0 Å². The van der Waals surface area contributed by atoms with Crippen LogP contribution in [0.1, 0.15) is 49.3 Å². The number of hydrogen-bond donors (Lipinski definition) is 1. The van der Waals surface area contributed by atoms with Crippen molar-refractivity contribution in [3.05, 3.63) is 71.4 Å². The lowest BCUT2D eigenvalue weighted by Crippen LogP contribution is -2.33. The number of ether oxygens (including phenoxy) is 1. The Kier molecular flexibility index (Phi) is 9.41. The standard InChI is InChI=1S/C26H27F3N6O2S.C2H6/c1-16(19-5-7-23(30-11-19)36-15-26(27,28)29)35-9-8-18-4-6-22(10-20(18)14-35)38-33-25-24(17(2)37-32-25)21-12-31-34(3)13-21;1-2/h4-7,10-13,16H,8-9,14-15H2,1-3H3,(H,32,33);1-2H3. The Bertz CT molecular complexity index is 1400. The molecule has 4 heterocycles. The second kappa shape index (κ2) is 12.8. The normalized spacial score (nSPS) is 14.2. The summed E-state index contributed by atoms with van der Waals surface area (Å²) in [7, 11) is 1.87. The van der Waals surface area contributed by atoms with Crippen LogP contribution < -0.4 is 9.46 Å². The van der Waals surface area contributed by atoms with Crippen LogP contribution in [0, 0.1) is 6.92 Å². The van der Waals surface area contributed by atoms with Gasteiger partial charge in [-0.3, -0.25) is 9.58 Å². The zero-order chi connectivity index (χ0) is 28.9. The smallest absolute Gasteiger partial charge is 0.422 e. The summed E-state index contributed by atoms with van der Waals surface area (Å²) in [5.41, 5.74) is 5.27. The molecule has 8 nitrogen and oxygen atoms in total. The van der Waals surface area contributed by atoms with E-state index in [1.54, 1.807) is 23.1 Å². The first kappa shape index (κ1) is 29.5. The molecule has 1 aromatic carbocycles. The molecule has 0 aliphatic carbocycles. The Balaban J connectivity index is 0.00000181. The largest absolute Gasteiger partial charge is 0.468 e. The zero-order valence-electron chi connectivity index (χ0n) is 23.1. The number of pyridine rings is 1. The number of benzene rings is 1. The van der Waals surface area contributed by atoms with Crippen molar-refractivity contribution in [2.45, 2.75) is 57.8 Å². The fourth-order valence-electron chi connectivity index (χ4n) is 4.48. The number of anilines is 1. The van der Waals surface area contributed by atoms with Crippen molar-refractivity contribution in [1.82, 2.24) is 24.8 Å². The van der Waals surface area contributed by atoms with Crippen LogP contribution in [0.25, 0.3) is 11.1 Å². The van der Waals surface area contributed by atoms with Gasteiger partial charge in [0.1, 0.15) is 5.76 Å².